The first-order valence-electron chi connectivity index (χ1n) is 6.93. The van der Waals surface area contributed by atoms with E-state index in [1.807, 2.05) is 50.2 Å². The van der Waals surface area contributed by atoms with Crippen LogP contribution in [0.25, 0.3) is 20.0 Å². The topological polar surface area (TPSA) is 17.1 Å². The van der Waals surface area contributed by atoms with E-state index in [1.54, 1.807) is 0 Å². The summed E-state index contributed by atoms with van der Waals surface area (Å²) in [7, 11) is 0. The summed E-state index contributed by atoms with van der Waals surface area (Å²) in [6.45, 7) is 3.91. The quantitative estimate of drug-likeness (QED) is 0.644. The maximum absolute atomic E-state index is 12.6. The van der Waals surface area contributed by atoms with Gasteiger partial charge in [-0.3, -0.25) is 0 Å². The van der Waals surface area contributed by atoms with Gasteiger partial charge in [-0.15, -0.1) is 0 Å². The number of hydrogen-bond acceptors (Lipinski definition) is 1. The van der Waals surface area contributed by atoms with Gasteiger partial charge < -0.3 is 0 Å². The van der Waals surface area contributed by atoms with Crippen molar-refractivity contribution in [3.63, 3.8) is 0 Å². The zero-order chi connectivity index (χ0) is 14.8. The van der Waals surface area contributed by atoms with Crippen molar-refractivity contribution < 1.29 is 0 Å². The zero-order valence-corrected chi connectivity index (χ0v) is 13.8. The predicted molar refractivity (Wildman–Crippen MR) is 90.0 cm³/mol. The molecule has 0 unspecified atom stereocenters. The van der Waals surface area contributed by atoms with Gasteiger partial charge in [0.25, 0.3) is 0 Å². The first-order valence-corrected chi connectivity index (χ1v) is 8.65. The van der Waals surface area contributed by atoms with Gasteiger partial charge in [0.2, 0.25) is 0 Å². The van der Waals surface area contributed by atoms with Crippen molar-refractivity contribution in [2.45, 2.75) is 13.8 Å². The van der Waals surface area contributed by atoms with Crippen LogP contribution in [0, 0.1) is 13.8 Å². The molecule has 3 aromatic rings. The minimum absolute atomic E-state index is 0.158. The van der Waals surface area contributed by atoms with Crippen molar-refractivity contribution >= 4 is 14.5 Å². The molecule has 0 aliphatic heterocycles. The van der Waals surface area contributed by atoms with Gasteiger partial charge in [0, 0.05) is 0 Å². The molecule has 104 valence electrons. The van der Waals surface area contributed by atoms with Crippen LogP contribution in [-0.2, 0) is 0 Å². The molecule has 0 radical (unpaired) electrons. The molecule has 2 aromatic carbocycles. The van der Waals surface area contributed by atoms with Crippen LogP contribution in [0.4, 0.5) is 0 Å². The van der Waals surface area contributed by atoms with Crippen molar-refractivity contribution in [2.75, 3.05) is 0 Å². The molecule has 2 heteroatoms. The molecule has 0 saturated carbocycles. The molecular weight excluding hydrogens is 323 g/mol. The zero-order valence-electron chi connectivity index (χ0n) is 12.1. The Balaban J connectivity index is 2.29. The summed E-state index contributed by atoms with van der Waals surface area (Å²) in [6.07, 6.45) is 0. The molecule has 0 bridgehead atoms. The van der Waals surface area contributed by atoms with Crippen molar-refractivity contribution in [2.24, 2.45) is 0 Å². The third-order valence-electron chi connectivity index (χ3n) is 3.64. The van der Waals surface area contributed by atoms with Crippen LogP contribution >= 0.6 is 0 Å². The second-order valence-electron chi connectivity index (χ2n) is 5.07. The first kappa shape index (κ1) is 14.1. The number of hydrogen-bond donors (Lipinski definition) is 0. The average molecular weight is 339 g/mol. The molecule has 0 fully saturated rings. The fourth-order valence-corrected chi connectivity index (χ4v) is 5.00. The van der Waals surface area contributed by atoms with E-state index in [0.29, 0.717) is 0 Å². The van der Waals surface area contributed by atoms with E-state index >= 15 is 0 Å². The van der Waals surface area contributed by atoms with Gasteiger partial charge in [-0.2, -0.15) is 0 Å². The average Bonchev–Trinajstić information content (AvgIpc) is 2.55. The van der Waals surface area contributed by atoms with Crippen molar-refractivity contribution in [3.8, 4) is 20.0 Å². The minimum atomic E-state index is 0.158. The van der Waals surface area contributed by atoms with Crippen LogP contribution in [-0.4, -0.2) is 14.5 Å². The van der Waals surface area contributed by atoms with E-state index in [4.69, 9.17) is 0 Å². The summed E-state index contributed by atoms with van der Waals surface area (Å²) in [5, 5.41) is 0. The van der Waals surface area contributed by atoms with Crippen LogP contribution in [0.15, 0.2) is 65.5 Å². The molecular formula is C19H16OSe. The van der Waals surface area contributed by atoms with E-state index in [-0.39, 0.29) is 19.9 Å². The summed E-state index contributed by atoms with van der Waals surface area (Å²) in [5.74, 6) is 0. The standard InChI is InChI=1S/C19H16OSe/c1-13-17(20)14(2)19(16-11-7-4-8-12-16)21-18(13)15-9-5-3-6-10-15/h3-12H,1-2H3. The molecule has 21 heavy (non-hydrogen) atoms. The van der Waals surface area contributed by atoms with Crippen molar-refractivity contribution in [1.29, 1.82) is 0 Å². The Bertz CT molecular complexity index is 751. The third-order valence-corrected chi connectivity index (χ3v) is 6.77. The monoisotopic (exact) mass is 340 g/mol. The Morgan fingerprint density at radius 1 is 0.667 bits per heavy atom. The van der Waals surface area contributed by atoms with E-state index in [1.165, 1.54) is 20.0 Å². The fraction of sp³-hybridized carbons (Fsp3) is 0.105. The van der Waals surface area contributed by atoms with Crippen molar-refractivity contribution in [1.82, 2.24) is 0 Å². The fourth-order valence-electron chi connectivity index (χ4n) is 2.47. The molecule has 0 amide bonds. The Hall–Kier alpha value is -1.89. The second-order valence-corrected chi connectivity index (χ2v) is 7.21. The molecule has 0 saturated heterocycles. The molecule has 0 aliphatic rings. The van der Waals surface area contributed by atoms with E-state index in [2.05, 4.69) is 24.3 Å². The van der Waals surface area contributed by atoms with Crippen molar-refractivity contribution in [3.05, 3.63) is 82.0 Å². The Morgan fingerprint density at radius 2 is 1.05 bits per heavy atom. The molecule has 3 rings (SSSR count). The summed E-state index contributed by atoms with van der Waals surface area (Å²) >= 11 is 0.158. The SMILES string of the molecule is Cc1c(-c2ccccc2)[se]c(-c2ccccc2)c(C)c1=O. The third kappa shape index (κ3) is 2.65. The number of benzene rings is 2. The van der Waals surface area contributed by atoms with Gasteiger partial charge in [0.1, 0.15) is 0 Å². The van der Waals surface area contributed by atoms with Crippen LogP contribution in [0.2, 0.25) is 0 Å². The van der Waals surface area contributed by atoms with Gasteiger partial charge in [-0.1, -0.05) is 0 Å². The Labute approximate surface area is 130 Å². The van der Waals surface area contributed by atoms with E-state index < -0.39 is 0 Å². The number of rotatable bonds is 2. The predicted octanol–water partition coefficient (Wildman–Crippen LogP) is 4.05. The molecule has 0 aliphatic carbocycles. The Morgan fingerprint density at radius 3 is 1.43 bits per heavy atom. The second kappa shape index (κ2) is 5.85. The maximum atomic E-state index is 12.6. The molecule has 1 nitrogen and oxygen atoms in total. The summed E-state index contributed by atoms with van der Waals surface area (Å²) in [5.41, 5.74) is 4.33. The normalized spacial score (nSPS) is 10.6. The molecule has 0 spiro atoms. The van der Waals surface area contributed by atoms with Crippen LogP contribution < -0.4 is 5.43 Å². The van der Waals surface area contributed by atoms with Crippen LogP contribution in [0.5, 0.6) is 0 Å². The van der Waals surface area contributed by atoms with E-state index in [9.17, 15) is 4.79 Å². The summed E-state index contributed by atoms with van der Waals surface area (Å²) in [4.78, 5) is 12.6. The van der Waals surface area contributed by atoms with Gasteiger partial charge in [0.05, 0.1) is 0 Å². The van der Waals surface area contributed by atoms with Crippen LogP contribution in [0.1, 0.15) is 11.1 Å². The van der Waals surface area contributed by atoms with Gasteiger partial charge in [0.15, 0.2) is 0 Å². The Kier molecular flexibility index (Phi) is 3.92. The first-order chi connectivity index (χ1) is 10.2. The van der Waals surface area contributed by atoms with Gasteiger partial charge in [-0.05, 0) is 0 Å². The molecule has 0 atom stereocenters. The molecule has 1 heterocycles. The van der Waals surface area contributed by atoms with Crippen LogP contribution in [0.3, 0.4) is 0 Å². The van der Waals surface area contributed by atoms with E-state index in [0.717, 1.165) is 11.1 Å². The van der Waals surface area contributed by atoms with Gasteiger partial charge in [-0.25, -0.2) is 0 Å². The molecule has 0 N–H and O–H groups in total. The summed E-state index contributed by atoms with van der Waals surface area (Å²) < 4.78 is 2.41. The summed E-state index contributed by atoms with van der Waals surface area (Å²) in [6, 6.07) is 20.5. The van der Waals surface area contributed by atoms with Gasteiger partial charge >= 0.3 is 130 Å². The molecule has 1 aromatic heterocycles.